The Bertz CT molecular complexity index is 945. The van der Waals surface area contributed by atoms with E-state index in [2.05, 4.69) is 20.5 Å². The fraction of sp³-hybridized carbons (Fsp3) is 0.333. The molecule has 0 unspecified atom stereocenters. The molecule has 0 saturated carbocycles. The van der Waals surface area contributed by atoms with Crippen molar-refractivity contribution < 1.29 is 14.3 Å². The molecule has 1 heterocycles. The summed E-state index contributed by atoms with van der Waals surface area (Å²) in [5, 5.41) is 3.89. The van der Waals surface area contributed by atoms with Crippen molar-refractivity contribution >= 4 is 12.1 Å². The van der Waals surface area contributed by atoms with Gasteiger partial charge in [-0.1, -0.05) is 0 Å². The van der Waals surface area contributed by atoms with Gasteiger partial charge in [-0.15, -0.1) is 0 Å². The van der Waals surface area contributed by atoms with E-state index in [1.165, 1.54) is 6.21 Å². The van der Waals surface area contributed by atoms with Crippen molar-refractivity contribution in [2.24, 2.45) is 5.10 Å². The van der Waals surface area contributed by atoms with Crippen LogP contribution in [0.15, 0.2) is 32.9 Å². The van der Waals surface area contributed by atoms with Crippen molar-refractivity contribution in [2.45, 2.75) is 27.2 Å². The summed E-state index contributed by atoms with van der Waals surface area (Å²) in [5.41, 5.74) is 2.38. The fourth-order valence-corrected chi connectivity index (χ4v) is 2.37. The van der Waals surface area contributed by atoms with Crippen LogP contribution in [0.4, 0.5) is 0 Å². The van der Waals surface area contributed by atoms with E-state index in [-0.39, 0.29) is 12.0 Å². The summed E-state index contributed by atoms with van der Waals surface area (Å²) in [6.45, 7) is 6.32. The Kier molecular flexibility index (Phi) is 6.93. The number of carbonyl (C=O) groups excluding carboxylic acids is 1. The molecule has 0 radical (unpaired) electrons. The molecule has 0 aliphatic rings. The van der Waals surface area contributed by atoms with Gasteiger partial charge < -0.3 is 14.5 Å². The van der Waals surface area contributed by atoms with Crippen molar-refractivity contribution in [1.29, 1.82) is 0 Å². The molecule has 144 valence electrons. The van der Waals surface area contributed by atoms with Crippen LogP contribution in [0.2, 0.25) is 0 Å². The summed E-state index contributed by atoms with van der Waals surface area (Å²) < 4.78 is 11.0. The first-order valence-corrected chi connectivity index (χ1v) is 8.48. The van der Waals surface area contributed by atoms with Gasteiger partial charge >= 0.3 is 5.69 Å². The third-order valence-corrected chi connectivity index (χ3v) is 3.56. The highest BCUT2D eigenvalue weighted by molar-refractivity contribution is 5.84. The van der Waals surface area contributed by atoms with E-state index in [1.54, 1.807) is 25.1 Å². The number of rotatable bonds is 8. The van der Waals surface area contributed by atoms with E-state index in [4.69, 9.17) is 9.47 Å². The topological polar surface area (TPSA) is 126 Å². The van der Waals surface area contributed by atoms with Gasteiger partial charge in [0, 0.05) is 11.3 Å². The quantitative estimate of drug-likeness (QED) is 0.467. The number of H-pyrrole nitrogens is 2. The molecule has 0 bridgehead atoms. The van der Waals surface area contributed by atoms with Crippen LogP contribution in [0, 0.1) is 6.92 Å². The number of hydrogen-bond donors (Lipinski definition) is 3. The van der Waals surface area contributed by atoms with Crippen molar-refractivity contribution in [3.63, 3.8) is 0 Å². The highest BCUT2D eigenvalue weighted by Gasteiger charge is 2.11. The first-order chi connectivity index (χ1) is 12.9. The molecule has 0 spiro atoms. The smallest absolute Gasteiger partial charge is 0.325 e. The average molecular weight is 374 g/mol. The molecule has 0 aliphatic heterocycles. The second-order valence-electron chi connectivity index (χ2n) is 5.55. The molecule has 2 rings (SSSR count). The number of ether oxygens (including phenoxy) is 2. The highest BCUT2D eigenvalue weighted by atomic mass is 16.5. The number of hydrazone groups is 1. The van der Waals surface area contributed by atoms with Gasteiger partial charge in [0.15, 0.2) is 11.5 Å². The second kappa shape index (κ2) is 9.37. The number of nitrogens with one attached hydrogen (secondary N) is 3. The number of benzene rings is 1. The Labute approximate surface area is 155 Å². The van der Waals surface area contributed by atoms with Crippen LogP contribution in [0.1, 0.15) is 30.7 Å². The molecule has 0 fully saturated rings. The van der Waals surface area contributed by atoms with Crippen LogP contribution in [-0.2, 0) is 11.2 Å². The largest absolute Gasteiger partial charge is 0.490 e. The van der Waals surface area contributed by atoms with Gasteiger partial charge in [-0.2, -0.15) is 5.10 Å². The first kappa shape index (κ1) is 20.0. The normalized spacial score (nSPS) is 10.8. The van der Waals surface area contributed by atoms with Gasteiger partial charge in [0.1, 0.15) is 0 Å². The SMILES string of the molecule is CCOc1ccc(/C=N\NC(=O)Cc2c(C)[nH]c(=O)[nH]c2=O)cc1OCC. The monoisotopic (exact) mass is 374 g/mol. The fourth-order valence-electron chi connectivity index (χ4n) is 2.37. The third-order valence-electron chi connectivity index (χ3n) is 3.56. The molecule has 9 nitrogen and oxygen atoms in total. The molecule has 9 heteroatoms. The minimum Gasteiger partial charge on any atom is -0.490 e. The molecular formula is C18H22N4O5. The highest BCUT2D eigenvalue weighted by Crippen LogP contribution is 2.27. The lowest BCUT2D eigenvalue weighted by Crippen LogP contribution is -2.30. The Hall–Kier alpha value is -3.36. The summed E-state index contributed by atoms with van der Waals surface area (Å²) in [4.78, 5) is 39.4. The molecule has 0 atom stereocenters. The molecule has 1 aromatic carbocycles. The van der Waals surface area contributed by atoms with Gasteiger partial charge in [0.2, 0.25) is 5.91 Å². The molecule has 2 aromatic rings. The Morgan fingerprint density at radius 3 is 2.52 bits per heavy atom. The van der Waals surface area contributed by atoms with Crippen LogP contribution in [0.3, 0.4) is 0 Å². The van der Waals surface area contributed by atoms with Crippen molar-refractivity contribution in [3.05, 3.63) is 55.9 Å². The summed E-state index contributed by atoms with van der Waals surface area (Å²) in [6.07, 6.45) is 1.25. The molecule has 3 N–H and O–H groups in total. The number of aromatic nitrogens is 2. The van der Waals surface area contributed by atoms with Crippen LogP contribution in [0.25, 0.3) is 0 Å². The number of aryl methyl sites for hydroxylation is 1. The van der Waals surface area contributed by atoms with Crippen LogP contribution >= 0.6 is 0 Å². The van der Waals surface area contributed by atoms with Crippen molar-refractivity contribution in [1.82, 2.24) is 15.4 Å². The van der Waals surface area contributed by atoms with Crippen LogP contribution < -0.4 is 26.1 Å². The van der Waals surface area contributed by atoms with Gasteiger partial charge in [-0.25, -0.2) is 10.2 Å². The van der Waals surface area contributed by atoms with E-state index in [1.807, 2.05) is 13.8 Å². The van der Waals surface area contributed by atoms with E-state index in [0.29, 0.717) is 36.0 Å². The predicted molar refractivity (Wildman–Crippen MR) is 101 cm³/mol. The zero-order chi connectivity index (χ0) is 19.8. The van der Waals surface area contributed by atoms with Gasteiger partial charge in [0.25, 0.3) is 5.56 Å². The molecule has 27 heavy (non-hydrogen) atoms. The second-order valence-corrected chi connectivity index (χ2v) is 5.55. The summed E-state index contributed by atoms with van der Waals surface area (Å²) >= 11 is 0. The predicted octanol–water partition coefficient (Wildman–Crippen LogP) is 0.862. The van der Waals surface area contributed by atoms with E-state index < -0.39 is 17.2 Å². The molecule has 1 amide bonds. The third kappa shape index (κ3) is 5.56. The first-order valence-electron chi connectivity index (χ1n) is 8.48. The van der Waals surface area contributed by atoms with E-state index >= 15 is 0 Å². The average Bonchev–Trinajstić information content (AvgIpc) is 2.60. The molecule has 0 aliphatic carbocycles. The summed E-state index contributed by atoms with van der Waals surface area (Å²) in [7, 11) is 0. The zero-order valence-electron chi connectivity index (χ0n) is 15.4. The number of nitrogens with zero attached hydrogens (tertiary/aromatic N) is 1. The molecular weight excluding hydrogens is 352 g/mol. The number of carbonyl (C=O) groups is 1. The zero-order valence-corrected chi connectivity index (χ0v) is 15.4. The Morgan fingerprint density at radius 1 is 1.15 bits per heavy atom. The van der Waals surface area contributed by atoms with Crippen molar-refractivity contribution in [3.8, 4) is 11.5 Å². The number of aromatic amines is 2. The minimum absolute atomic E-state index is 0.182. The lowest BCUT2D eigenvalue weighted by atomic mass is 10.1. The van der Waals surface area contributed by atoms with Crippen molar-refractivity contribution in [2.75, 3.05) is 13.2 Å². The summed E-state index contributed by atoms with van der Waals surface area (Å²) in [6, 6.07) is 5.29. The lowest BCUT2D eigenvalue weighted by Gasteiger charge is -2.11. The molecule has 0 saturated heterocycles. The Balaban J connectivity index is 2.04. The lowest BCUT2D eigenvalue weighted by molar-refractivity contribution is -0.120. The summed E-state index contributed by atoms with van der Waals surface area (Å²) in [5.74, 6) is 0.737. The minimum atomic E-state index is -0.611. The van der Waals surface area contributed by atoms with Gasteiger partial charge in [0.05, 0.1) is 25.8 Å². The van der Waals surface area contributed by atoms with Crippen LogP contribution in [0.5, 0.6) is 11.5 Å². The van der Waals surface area contributed by atoms with E-state index in [9.17, 15) is 14.4 Å². The van der Waals surface area contributed by atoms with E-state index in [0.717, 1.165) is 0 Å². The number of hydrogen-bond acceptors (Lipinski definition) is 6. The maximum Gasteiger partial charge on any atom is 0.325 e. The van der Waals surface area contributed by atoms with Gasteiger partial charge in [-0.05, 0) is 44.5 Å². The molecule has 1 aromatic heterocycles. The Morgan fingerprint density at radius 2 is 1.85 bits per heavy atom. The maximum absolute atomic E-state index is 12.0. The standard InChI is InChI=1S/C18H22N4O5/c1-4-26-14-7-6-12(8-15(14)27-5-2)10-19-22-16(23)9-13-11(3)20-18(25)21-17(13)24/h6-8,10H,4-5,9H2,1-3H3,(H,22,23)(H2,20,21,24,25)/b19-10-. The van der Waals surface area contributed by atoms with Gasteiger partial charge in [-0.3, -0.25) is 14.6 Å². The number of amides is 1. The van der Waals surface area contributed by atoms with Crippen LogP contribution in [-0.4, -0.2) is 35.3 Å². The maximum atomic E-state index is 12.0.